The van der Waals surface area contributed by atoms with Crippen LogP contribution < -0.4 is 16.5 Å². The van der Waals surface area contributed by atoms with E-state index in [1.54, 1.807) is 12.1 Å². The molecule has 0 atom stereocenters. The van der Waals surface area contributed by atoms with E-state index < -0.39 is 18.3 Å². The van der Waals surface area contributed by atoms with E-state index in [4.69, 9.17) is 43.5 Å². The van der Waals surface area contributed by atoms with Crippen molar-refractivity contribution in [2.75, 3.05) is 11.1 Å². The fourth-order valence-corrected chi connectivity index (χ4v) is 14.8. The van der Waals surface area contributed by atoms with Crippen LogP contribution in [-0.2, 0) is 9.31 Å². The minimum Gasteiger partial charge on any atom is -0.399 e. The average molecular weight is 1760 g/mol. The number of fused-ring (bicyclic) bond motifs is 13. The van der Waals surface area contributed by atoms with E-state index in [0.29, 0.717) is 50.0 Å². The normalized spacial score (nSPS) is 12.9. The summed E-state index contributed by atoms with van der Waals surface area (Å²) < 4.78 is 41.5. The van der Waals surface area contributed by atoms with Crippen LogP contribution in [0, 0.1) is 0 Å². The molecular formula is C81H54BBr5N14O8. The van der Waals surface area contributed by atoms with Gasteiger partial charge in [-0.15, -0.1) is 0 Å². The summed E-state index contributed by atoms with van der Waals surface area (Å²) in [6.07, 6.45) is 0. The van der Waals surface area contributed by atoms with Crippen molar-refractivity contribution in [1.82, 2.24) is 61.5 Å². The first-order valence-corrected chi connectivity index (χ1v) is 37.7. The number of anilines is 2. The molecule has 3 N–H and O–H groups in total. The molecule has 1 aliphatic rings. The molecule has 1 saturated heterocycles. The van der Waals surface area contributed by atoms with Gasteiger partial charge in [-0.3, -0.25) is 4.79 Å². The highest BCUT2D eigenvalue weighted by Crippen LogP contribution is 2.43. The van der Waals surface area contributed by atoms with Gasteiger partial charge in [0.05, 0.1) is 33.6 Å². The lowest BCUT2D eigenvalue weighted by Gasteiger charge is -2.32. The average Bonchev–Trinajstić information content (AvgIpc) is 1.72. The molecular weight excluding hydrogens is 1710 g/mol. The van der Waals surface area contributed by atoms with E-state index >= 15 is 0 Å². The number of nitrogens with two attached hydrogens (primary N) is 1. The van der Waals surface area contributed by atoms with Crippen molar-refractivity contribution in [3.8, 4) is 44.8 Å². The van der Waals surface area contributed by atoms with Gasteiger partial charge in [-0.05, 0) is 227 Å². The molecule has 0 aliphatic carbocycles. The molecule has 109 heavy (non-hydrogen) atoms. The monoisotopic (exact) mass is 1760 g/mol. The van der Waals surface area contributed by atoms with Crippen LogP contribution in [0.1, 0.15) is 38.1 Å². The molecule has 7 aromatic heterocycles. The number of amides is 1. The Morgan fingerprint density at radius 3 is 1.23 bits per heavy atom. The maximum absolute atomic E-state index is 12.5. The molecule has 1 amide bonds. The number of halogens is 5. The first-order chi connectivity index (χ1) is 53.0. The Balaban J connectivity index is 0.000000107. The number of rotatable bonds is 7. The van der Waals surface area contributed by atoms with Crippen LogP contribution in [0.5, 0.6) is 0 Å². The van der Waals surface area contributed by atoms with Crippen molar-refractivity contribution in [2.24, 2.45) is 0 Å². The summed E-state index contributed by atoms with van der Waals surface area (Å²) >= 11 is 17.1. The van der Waals surface area contributed by atoms with Crippen molar-refractivity contribution in [3.05, 3.63) is 265 Å². The lowest BCUT2D eigenvalue weighted by Crippen LogP contribution is -2.41. The maximum atomic E-state index is 12.5. The van der Waals surface area contributed by atoms with Gasteiger partial charge in [0.1, 0.15) is 44.1 Å². The number of nitrogens with zero attached hydrogens (tertiary/aromatic N) is 12. The second-order valence-corrected chi connectivity index (χ2v) is 30.2. The van der Waals surface area contributed by atoms with Crippen LogP contribution in [0.2, 0.25) is 0 Å². The number of aromatic nitrogens is 12. The van der Waals surface area contributed by atoms with Crippen LogP contribution in [0.25, 0.3) is 143 Å². The maximum Gasteiger partial charge on any atom is 0.497 e. The first-order valence-electron chi connectivity index (χ1n) is 33.7. The summed E-state index contributed by atoms with van der Waals surface area (Å²) in [5.41, 5.74) is 24.0. The highest BCUT2D eigenvalue weighted by atomic mass is 79.9. The van der Waals surface area contributed by atoms with Gasteiger partial charge >= 0.3 is 7.12 Å². The SMILES string of the molecule is Brc1cc2c(-c3ccccc3)nc3ccccc3c2c2nonc12.Brc1ccc(Br)c2nonc12.CC1(C)OB(c2cc3c(-c4ccccc4)nc4ccccc4c3c3nonc23)OC1(C)C.Nc1ccccc1-c1ccc(Br)c2nonc12.O=C(Nc1ccccc1-c1ccc(Br)c2nonc12)c1ccccc1. The fourth-order valence-electron chi connectivity index (χ4n) is 12.8. The Morgan fingerprint density at radius 1 is 0.358 bits per heavy atom. The number of carbonyl (C=O) groups excluding carboxylic acids is 1. The summed E-state index contributed by atoms with van der Waals surface area (Å²) in [5, 5.41) is 48.9. The number of nitrogens with one attached hydrogen (secondary N) is 1. The highest BCUT2D eigenvalue weighted by molar-refractivity contribution is 9.11. The molecule has 0 spiro atoms. The Morgan fingerprint density at radius 2 is 0.725 bits per heavy atom. The standard InChI is InChI=1S/C25H22BN3O3.C19H12BrN3O2.C19H10BrN3O.C12H8BrN3O.C6H2Br2N2O/c1-24(2)25(3,4)31-26(30-24)18-14-17-20(23-22(18)28-32-29-23)16-12-8-9-13-19(16)27-21(17)15-10-6-5-7-11-15;20-15-11-10-14(17-18(15)23-25-22-17)13-8-4-5-9-16(13)21-19(24)12-6-2-1-3-7-12;20-14-10-13-16(19-18(14)22-24-23-19)12-8-4-5-9-15(12)21-17(13)11-6-2-1-3-7-11;13-9-6-5-8(11-12(9)16-17-15-11)7-3-1-2-4-10(7)14;7-3-1-2-4(8)6-5(3)9-11-10-6/h5-14H,1-4H3;1-11H,(H,21,24);1-10H;1-6H,14H2;1-2H. The van der Waals surface area contributed by atoms with Gasteiger partial charge in [0, 0.05) is 110 Å². The van der Waals surface area contributed by atoms with Crippen LogP contribution in [0.15, 0.2) is 282 Å². The van der Waals surface area contributed by atoms with Gasteiger partial charge in [0.15, 0.2) is 11.0 Å². The third-order valence-corrected chi connectivity index (χ3v) is 21.9. The van der Waals surface area contributed by atoms with Crippen molar-refractivity contribution < 1.29 is 37.2 Å². The van der Waals surface area contributed by atoms with E-state index in [0.717, 1.165) is 138 Å². The fraction of sp³-hybridized carbons (Fsp3) is 0.0741. The second kappa shape index (κ2) is 30.4. The Bertz CT molecular complexity index is 6600. The second-order valence-electron chi connectivity index (χ2n) is 25.9. The van der Waals surface area contributed by atoms with Gasteiger partial charge in [-0.1, -0.05) is 169 Å². The van der Waals surface area contributed by atoms with Crippen LogP contribution in [0.3, 0.4) is 0 Å². The first kappa shape index (κ1) is 71.9. The minimum absolute atomic E-state index is 0.167. The number of hydrogen-bond acceptors (Lipinski definition) is 21. The van der Waals surface area contributed by atoms with Crippen molar-refractivity contribution in [2.45, 2.75) is 38.9 Å². The van der Waals surface area contributed by atoms with Crippen molar-refractivity contribution >= 4 is 208 Å². The minimum atomic E-state index is -0.589. The number of carbonyl (C=O) groups is 1. The molecule has 1 aliphatic heterocycles. The lowest BCUT2D eigenvalue weighted by molar-refractivity contribution is 0.00578. The third-order valence-electron chi connectivity index (χ3n) is 18.8. The summed E-state index contributed by atoms with van der Waals surface area (Å²) in [6, 6.07) is 76.4. The van der Waals surface area contributed by atoms with Crippen LogP contribution in [0.4, 0.5) is 11.4 Å². The zero-order chi connectivity index (χ0) is 75.1. The largest absolute Gasteiger partial charge is 0.497 e. The number of nitrogen functional groups attached to an aromatic ring is 1. The molecule has 534 valence electrons. The zero-order valence-corrected chi connectivity index (χ0v) is 65.6. The van der Waals surface area contributed by atoms with E-state index in [2.05, 4.69) is 184 Å². The third kappa shape index (κ3) is 14.0. The lowest BCUT2D eigenvalue weighted by atomic mass is 9.76. The van der Waals surface area contributed by atoms with Gasteiger partial charge < -0.3 is 20.4 Å². The van der Waals surface area contributed by atoms with Crippen molar-refractivity contribution in [1.29, 1.82) is 0 Å². The molecule has 12 aromatic carbocycles. The van der Waals surface area contributed by atoms with Gasteiger partial charge in [-0.25, -0.2) is 33.1 Å². The molecule has 20 rings (SSSR count). The molecule has 0 saturated carbocycles. The molecule has 0 radical (unpaired) electrons. The molecule has 22 nitrogen and oxygen atoms in total. The predicted octanol–water partition coefficient (Wildman–Crippen LogP) is 21.1. The molecule has 19 aromatic rings. The van der Waals surface area contributed by atoms with E-state index in [1.165, 1.54) is 0 Å². The Labute approximate surface area is 660 Å². The molecule has 8 heterocycles. The molecule has 28 heteroatoms. The zero-order valence-electron chi connectivity index (χ0n) is 57.7. The number of pyridine rings is 2. The summed E-state index contributed by atoms with van der Waals surface area (Å²) in [6.45, 7) is 8.15. The van der Waals surface area contributed by atoms with Crippen LogP contribution >= 0.6 is 79.6 Å². The Kier molecular flexibility index (Phi) is 20.0. The van der Waals surface area contributed by atoms with Gasteiger partial charge in [-0.2, -0.15) is 0 Å². The van der Waals surface area contributed by atoms with E-state index in [9.17, 15) is 4.79 Å². The topological polar surface area (TPSA) is 294 Å². The highest BCUT2D eigenvalue weighted by Gasteiger charge is 2.52. The van der Waals surface area contributed by atoms with Gasteiger partial charge in [0.2, 0.25) is 0 Å². The summed E-state index contributed by atoms with van der Waals surface area (Å²) in [5.74, 6) is -0.167. The number of para-hydroxylation sites is 4. The number of benzene rings is 12. The Hall–Kier alpha value is -11.4. The summed E-state index contributed by atoms with van der Waals surface area (Å²) in [7, 11) is -0.589. The predicted molar refractivity (Wildman–Crippen MR) is 439 cm³/mol. The molecule has 0 unspecified atom stereocenters. The quantitative estimate of drug-likeness (QED) is 0.0851. The van der Waals surface area contributed by atoms with Gasteiger partial charge in [0.25, 0.3) is 5.91 Å². The summed E-state index contributed by atoms with van der Waals surface area (Å²) in [4.78, 5) is 22.4. The molecule has 0 bridgehead atoms. The van der Waals surface area contributed by atoms with Crippen LogP contribution in [-0.4, -0.2) is 85.8 Å². The number of hydrogen-bond donors (Lipinski definition) is 2. The van der Waals surface area contributed by atoms with E-state index in [1.807, 2.05) is 210 Å². The molecule has 1 fully saturated rings. The van der Waals surface area contributed by atoms with Crippen molar-refractivity contribution in [3.63, 3.8) is 0 Å². The smallest absolute Gasteiger partial charge is 0.399 e. The van der Waals surface area contributed by atoms with E-state index in [-0.39, 0.29) is 5.91 Å².